The van der Waals surface area contributed by atoms with Gasteiger partial charge in [-0.05, 0) is 114 Å². The molecule has 8 rings (SSSR count). The van der Waals surface area contributed by atoms with Crippen LogP contribution in [-0.4, -0.2) is 50.3 Å². The van der Waals surface area contributed by atoms with E-state index in [0.29, 0.717) is 66.2 Å². The number of H-pyrrole nitrogens is 1. The second-order valence-corrected chi connectivity index (χ2v) is 19.8. The molecule has 9 nitrogen and oxygen atoms in total. The van der Waals surface area contributed by atoms with Gasteiger partial charge in [0.1, 0.15) is 5.75 Å². The Balaban J connectivity index is 1.19. The number of fused-ring (bicyclic) bond motifs is 7. The molecule has 2 heterocycles. The van der Waals surface area contributed by atoms with Gasteiger partial charge in [-0.2, -0.15) is 0 Å². The SMILES string of the molecule is CCC[C@@H]1CC[C@]23CSSCc4cc5c(cc4C(N)N)C#CCc4[nH]ccc4C(=O)C[C@@H]5c4cc(ccc4O)CCOc4cc(ccc4O)CCC(=O)/C=C/[C@]1(C[C@@H]2O)C3. The van der Waals surface area contributed by atoms with E-state index in [-0.39, 0.29) is 46.9 Å². The van der Waals surface area contributed by atoms with E-state index in [1.165, 1.54) is 0 Å². The lowest BCUT2D eigenvalue weighted by Gasteiger charge is -2.44. The van der Waals surface area contributed by atoms with Gasteiger partial charge in [-0.25, -0.2) is 0 Å². The van der Waals surface area contributed by atoms with E-state index < -0.39 is 18.2 Å². The Morgan fingerprint density at radius 3 is 2.62 bits per heavy atom. The van der Waals surface area contributed by atoms with Crippen LogP contribution in [0.1, 0.15) is 125 Å². The van der Waals surface area contributed by atoms with Crippen LogP contribution in [0, 0.1) is 28.6 Å². The van der Waals surface area contributed by atoms with Crippen LogP contribution in [0.3, 0.4) is 0 Å². The van der Waals surface area contributed by atoms with Crippen molar-refractivity contribution in [3.8, 4) is 29.1 Å². The third-order valence-electron chi connectivity index (χ3n) is 13.5. The number of hydrogen-bond donors (Lipinski definition) is 6. The highest BCUT2D eigenvalue weighted by molar-refractivity contribution is 8.76. The van der Waals surface area contributed by atoms with E-state index in [4.69, 9.17) is 16.2 Å². The van der Waals surface area contributed by atoms with Gasteiger partial charge in [0.15, 0.2) is 23.1 Å². The van der Waals surface area contributed by atoms with Crippen molar-refractivity contribution in [1.82, 2.24) is 4.98 Å². The van der Waals surface area contributed by atoms with Crippen LogP contribution in [0.5, 0.6) is 17.2 Å². The van der Waals surface area contributed by atoms with Gasteiger partial charge < -0.3 is 36.5 Å². The average molecular weight is 846 g/mol. The fourth-order valence-electron chi connectivity index (χ4n) is 10.3. The molecule has 0 spiro atoms. The van der Waals surface area contributed by atoms with Crippen molar-refractivity contribution in [2.45, 2.75) is 101 Å². The Kier molecular flexibility index (Phi) is 12.6. The van der Waals surface area contributed by atoms with Crippen LogP contribution in [0.4, 0.5) is 0 Å². The number of aryl methyl sites for hydroxylation is 1. The number of aliphatic hydroxyl groups is 1. The Morgan fingerprint density at radius 2 is 1.80 bits per heavy atom. The van der Waals surface area contributed by atoms with Gasteiger partial charge in [0, 0.05) is 70.7 Å². The lowest BCUT2D eigenvalue weighted by Crippen LogP contribution is -2.38. The first-order valence-corrected chi connectivity index (χ1v) is 23.7. The van der Waals surface area contributed by atoms with E-state index in [9.17, 15) is 24.9 Å². The number of Topliss-reactive ketones (excluding diaryl/α,β-unsaturated/α-hetero) is 1. The number of allylic oxidation sites excluding steroid dienone is 2. The fourth-order valence-corrected chi connectivity index (χ4v) is 13.1. The highest BCUT2D eigenvalue weighted by Gasteiger charge is 2.58. The molecule has 8 N–H and O–H groups in total. The van der Waals surface area contributed by atoms with Gasteiger partial charge in [-0.3, -0.25) is 9.59 Å². The summed E-state index contributed by atoms with van der Waals surface area (Å²) >= 11 is 0. The molecule has 1 aliphatic heterocycles. The van der Waals surface area contributed by atoms with Crippen molar-refractivity contribution in [1.29, 1.82) is 0 Å². The summed E-state index contributed by atoms with van der Waals surface area (Å²) < 4.78 is 6.13. The summed E-state index contributed by atoms with van der Waals surface area (Å²) in [5.74, 6) is 8.28. The first-order chi connectivity index (χ1) is 29.0. The van der Waals surface area contributed by atoms with Crippen LogP contribution < -0.4 is 16.2 Å². The number of carbonyl (C=O) groups excluding carboxylic acids is 2. The Bertz CT molecular complexity index is 2360. The Morgan fingerprint density at radius 1 is 0.983 bits per heavy atom. The minimum Gasteiger partial charge on any atom is -0.508 e. The predicted molar refractivity (Wildman–Crippen MR) is 239 cm³/mol. The smallest absolute Gasteiger partial charge is 0.165 e. The van der Waals surface area contributed by atoms with Crippen LogP contribution in [0.15, 0.2) is 72.9 Å². The summed E-state index contributed by atoms with van der Waals surface area (Å²) in [5, 5.41) is 34.1. The molecular formula is C49H55N3O6S2. The van der Waals surface area contributed by atoms with E-state index in [1.54, 1.807) is 58.1 Å². The van der Waals surface area contributed by atoms with Crippen LogP contribution in [0.2, 0.25) is 0 Å². The van der Waals surface area contributed by atoms with Crippen molar-refractivity contribution in [3.63, 3.8) is 0 Å². The number of rotatable bonds is 3. The molecule has 4 aromatic rings. The topological polar surface area (TPSA) is 172 Å². The third kappa shape index (κ3) is 8.68. The van der Waals surface area contributed by atoms with Crippen molar-refractivity contribution >= 4 is 33.2 Å². The molecule has 0 radical (unpaired) electrons. The monoisotopic (exact) mass is 845 g/mol. The molecule has 1 aromatic heterocycles. The number of ether oxygens (including phenoxy) is 1. The highest BCUT2D eigenvalue weighted by atomic mass is 33.1. The van der Waals surface area contributed by atoms with Gasteiger partial charge >= 0.3 is 0 Å². The first-order valence-electron chi connectivity index (χ1n) is 21.2. The standard InChI is InChI=1S/C49H55N3O6S2/c1-2-4-34-13-17-49-28-48(34,26-46(49)57)18-14-35(53)10-7-30-9-12-43(55)45(22-30)58-20-16-31-8-11-42(54)40(21-31)39-25-44(56)36-15-19-52-41(36)6-3-5-32-23-38(47(50)51)33(24-37(32)39)27-59-60-29-49/h8-9,11-12,14-15,18-19,21-24,34,39,46-47,52,54-55,57H,2,4,6-7,10,13,16-17,20,25-29,50-51H2,1H3/b18-14+/t34-,39+,46+,48+,49+/m1/s1. The minimum absolute atomic E-state index is 0.0147. The van der Waals surface area contributed by atoms with Gasteiger partial charge in [-0.1, -0.05) is 77.1 Å². The molecule has 11 heteroatoms. The first kappa shape index (κ1) is 42.3. The maximum absolute atomic E-state index is 14.2. The quantitative estimate of drug-likeness (QED) is 0.0667. The van der Waals surface area contributed by atoms with E-state index in [0.717, 1.165) is 71.4 Å². The molecule has 3 aromatic carbocycles. The molecule has 3 aliphatic carbocycles. The van der Waals surface area contributed by atoms with E-state index in [1.807, 2.05) is 24.3 Å². The fraction of sp³-hybridized carbons (Fsp3) is 0.429. The number of aromatic amines is 1. The number of nitrogens with one attached hydrogen (secondary N) is 1. The summed E-state index contributed by atoms with van der Waals surface area (Å²) in [6.07, 6.45) is 11.8. The molecule has 5 atom stereocenters. The minimum atomic E-state index is -0.768. The van der Waals surface area contributed by atoms with Gasteiger partial charge in [0.05, 0.1) is 25.3 Å². The van der Waals surface area contributed by atoms with Crippen molar-refractivity contribution in [3.05, 3.63) is 123 Å². The lowest BCUT2D eigenvalue weighted by molar-refractivity contribution is -0.114. The number of phenolic OH excluding ortho intramolecular Hbond substituents is 2. The number of hydrogen-bond acceptors (Lipinski definition) is 10. The molecule has 2 saturated carbocycles. The number of carbonyl (C=O) groups is 2. The molecule has 60 heavy (non-hydrogen) atoms. The number of aliphatic hydroxyl groups excluding tert-OH is 1. The number of ketones is 2. The molecule has 0 saturated heterocycles. The molecule has 2 fully saturated rings. The maximum Gasteiger partial charge on any atom is 0.165 e. The van der Waals surface area contributed by atoms with Crippen molar-refractivity contribution in [2.24, 2.45) is 28.2 Å². The summed E-state index contributed by atoms with van der Waals surface area (Å²) in [4.78, 5) is 30.8. The summed E-state index contributed by atoms with van der Waals surface area (Å²) in [6, 6.07) is 16.5. The second-order valence-electron chi connectivity index (χ2n) is 17.3. The van der Waals surface area contributed by atoms with Crippen molar-refractivity contribution < 1.29 is 29.6 Å². The third-order valence-corrected chi connectivity index (χ3v) is 16.0. The molecule has 0 unspecified atom stereocenters. The summed E-state index contributed by atoms with van der Waals surface area (Å²) in [5.41, 5.74) is 19.4. The largest absolute Gasteiger partial charge is 0.508 e. The Hall–Kier alpha value is -4.44. The van der Waals surface area contributed by atoms with E-state index >= 15 is 0 Å². The zero-order valence-electron chi connectivity index (χ0n) is 34.2. The zero-order valence-corrected chi connectivity index (χ0v) is 35.8. The van der Waals surface area contributed by atoms with Gasteiger partial charge in [-0.15, -0.1) is 0 Å². The normalized spacial score (nSPS) is 26.4. The van der Waals surface area contributed by atoms with Crippen LogP contribution in [-0.2, 0) is 29.8 Å². The maximum atomic E-state index is 14.2. The summed E-state index contributed by atoms with van der Waals surface area (Å²) in [6.45, 7) is 2.45. The number of nitrogens with two attached hydrogens (primary N) is 2. The predicted octanol–water partition coefficient (Wildman–Crippen LogP) is 8.57. The second kappa shape index (κ2) is 17.9. The summed E-state index contributed by atoms with van der Waals surface area (Å²) in [7, 11) is 3.47. The molecule has 4 aliphatic rings. The number of phenols is 2. The molecule has 314 valence electrons. The zero-order chi connectivity index (χ0) is 42.0. The van der Waals surface area contributed by atoms with E-state index in [2.05, 4.69) is 35.9 Å². The number of aromatic hydroxyl groups is 2. The highest BCUT2D eigenvalue weighted by Crippen LogP contribution is 2.64. The Labute approximate surface area is 360 Å². The van der Waals surface area contributed by atoms with Gasteiger partial charge in [0.25, 0.3) is 0 Å². The van der Waals surface area contributed by atoms with Crippen LogP contribution in [0.25, 0.3) is 0 Å². The lowest BCUT2D eigenvalue weighted by atomic mass is 9.62. The molecular weight excluding hydrogens is 791 g/mol. The number of aromatic nitrogens is 1. The average Bonchev–Trinajstić information content (AvgIpc) is 3.79. The number of benzene rings is 3. The molecule has 8 bridgehead atoms. The van der Waals surface area contributed by atoms with Crippen LogP contribution >= 0.6 is 21.6 Å². The molecule has 0 amide bonds. The van der Waals surface area contributed by atoms with Gasteiger partial charge in [0.2, 0.25) is 0 Å². The van der Waals surface area contributed by atoms with Crippen molar-refractivity contribution in [2.75, 3.05) is 12.4 Å².